The highest BCUT2D eigenvalue weighted by Crippen LogP contribution is 2.28. The van der Waals surface area contributed by atoms with E-state index in [-0.39, 0.29) is 17.0 Å². The maximum Gasteiger partial charge on any atom is 0.262 e. The number of hydrogen-bond donors (Lipinski definition) is 1. The van der Waals surface area contributed by atoms with E-state index < -0.39 is 29.7 Å². The van der Waals surface area contributed by atoms with Gasteiger partial charge in [0, 0.05) is 6.92 Å². The van der Waals surface area contributed by atoms with Gasteiger partial charge in [0.1, 0.15) is 6.04 Å². The van der Waals surface area contributed by atoms with E-state index in [4.69, 9.17) is 0 Å². The summed E-state index contributed by atoms with van der Waals surface area (Å²) in [7, 11) is 0. The molecule has 1 N–H and O–H groups in total. The minimum atomic E-state index is -0.999. The van der Waals surface area contributed by atoms with Gasteiger partial charge < -0.3 is 0 Å². The second kappa shape index (κ2) is 6.09. The summed E-state index contributed by atoms with van der Waals surface area (Å²) in [5, 5.41) is 2.18. The molecule has 0 fully saturated rings. The zero-order chi connectivity index (χ0) is 16.4. The number of nitrogens with zero attached hydrogens (tertiary/aromatic N) is 1. The van der Waals surface area contributed by atoms with Gasteiger partial charge in [-0.3, -0.25) is 29.4 Å². The molecule has 2 atom stereocenters. The van der Waals surface area contributed by atoms with E-state index in [1.165, 1.54) is 6.92 Å². The fraction of sp³-hybridized carbons (Fsp3) is 0.375. The quantitative estimate of drug-likeness (QED) is 0.851. The third kappa shape index (κ3) is 2.64. The van der Waals surface area contributed by atoms with Gasteiger partial charge in [0.05, 0.1) is 11.1 Å². The van der Waals surface area contributed by atoms with Crippen LogP contribution in [0.5, 0.6) is 0 Å². The third-order valence-electron chi connectivity index (χ3n) is 3.85. The Labute approximate surface area is 128 Å². The first-order valence-electron chi connectivity index (χ1n) is 7.16. The highest BCUT2D eigenvalue weighted by atomic mass is 16.2. The number of carbonyl (C=O) groups is 4. The topological polar surface area (TPSA) is 83.6 Å². The molecule has 1 heterocycles. The maximum atomic E-state index is 12.5. The Kier molecular flexibility index (Phi) is 4.40. The van der Waals surface area contributed by atoms with Crippen LogP contribution in [0.25, 0.3) is 0 Å². The number of nitrogens with one attached hydrogen (secondary N) is 1. The fourth-order valence-electron chi connectivity index (χ4n) is 2.56. The van der Waals surface area contributed by atoms with E-state index in [9.17, 15) is 19.2 Å². The molecule has 1 aliphatic rings. The van der Waals surface area contributed by atoms with Crippen molar-refractivity contribution in [2.75, 3.05) is 0 Å². The van der Waals surface area contributed by atoms with Gasteiger partial charge in [-0.2, -0.15) is 0 Å². The minimum Gasteiger partial charge on any atom is -0.295 e. The number of imide groups is 2. The summed E-state index contributed by atoms with van der Waals surface area (Å²) >= 11 is 0. The molecule has 6 nitrogen and oxygen atoms in total. The largest absolute Gasteiger partial charge is 0.295 e. The van der Waals surface area contributed by atoms with Crippen LogP contribution in [0.1, 0.15) is 47.9 Å². The van der Waals surface area contributed by atoms with Crippen LogP contribution in [0.15, 0.2) is 24.3 Å². The lowest BCUT2D eigenvalue weighted by molar-refractivity contribution is -0.132. The molecule has 0 bridgehead atoms. The lowest BCUT2D eigenvalue weighted by Gasteiger charge is -2.29. The number of hydrogen-bond acceptors (Lipinski definition) is 4. The first-order valence-corrected chi connectivity index (χ1v) is 7.16. The molecule has 6 heteroatoms. The minimum absolute atomic E-state index is 0.262. The van der Waals surface area contributed by atoms with Crippen LogP contribution < -0.4 is 5.32 Å². The molecule has 1 aliphatic heterocycles. The summed E-state index contributed by atoms with van der Waals surface area (Å²) in [5.41, 5.74) is 0.577. The molecule has 2 rings (SSSR count). The number of fused-ring (bicyclic) bond motifs is 1. The lowest BCUT2D eigenvalue weighted by atomic mass is 9.96. The molecule has 0 aromatic heterocycles. The van der Waals surface area contributed by atoms with Crippen molar-refractivity contribution < 1.29 is 19.2 Å². The van der Waals surface area contributed by atoms with E-state index in [1.54, 1.807) is 31.2 Å². The molecule has 0 radical (unpaired) electrons. The Bertz CT molecular complexity index is 618. The van der Waals surface area contributed by atoms with Gasteiger partial charge in [-0.25, -0.2) is 0 Å². The van der Waals surface area contributed by atoms with Crippen LogP contribution in [0.4, 0.5) is 0 Å². The average Bonchev–Trinajstić information content (AvgIpc) is 2.72. The molecule has 1 aromatic rings. The molecule has 0 spiro atoms. The predicted molar refractivity (Wildman–Crippen MR) is 79.0 cm³/mol. The van der Waals surface area contributed by atoms with Gasteiger partial charge in [0.15, 0.2) is 0 Å². The first-order chi connectivity index (χ1) is 10.4. The summed E-state index contributed by atoms with van der Waals surface area (Å²) in [6, 6.07) is 5.46. The zero-order valence-corrected chi connectivity index (χ0v) is 12.8. The Morgan fingerprint density at radius 1 is 1.14 bits per heavy atom. The summed E-state index contributed by atoms with van der Waals surface area (Å²) in [6.45, 7) is 4.85. The Hall–Kier alpha value is -2.50. The van der Waals surface area contributed by atoms with Crippen molar-refractivity contribution in [1.29, 1.82) is 0 Å². The van der Waals surface area contributed by atoms with Crippen LogP contribution in [0, 0.1) is 5.92 Å². The van der Waals surface area contributed by atoms with Gasteiger partial charge in [0.25, 0.3) is 11.8 Å². The normalized spacial score (nSPS) is 16.2. The first kappa shape index (κ1) is 15.9. The second-order valence-corrected chi connectivity index (χ2v) is 5.40. The van der Waals surface area contributed by atoms with E-state index in [1.807, 2.05) is 6.92 Å². The van der Waals surface area contributed by atoms with Crippen molar-refractivity contribution in [3.8, 4) is 0 Å². The van der Waals surface area contributed by atoms with E-state index in [0.717, 1.165) is 4.90 Å². The molecular formula is C16H18N2O4. The highest BCUT2D eigenvalue weighted by Gasteiger charge is 2.44. The Balaban J connectivity index is 2.41. The number of amides is 4. The smallest absolute Gasteiger partial charge is 0.262 e. The number of benzene rings is 1. The van der Waals surface area contributed by atoms with Crippen molar-refractivity contribution in [2.45, 2.75) is 33.2 Å². The monoisotopic (exact) mass is 302 g/mol. The zero-order valence-electron chi connectivity index (χ0n) is 12.8. The molecule has 0 aliphatic carbocycles. The second-order valence-electron chi connectivity index (χ2n) is 5.40. The van der Waals surface area contributed by atoms with Gasteiger partial charge >= 0.3 is 0 Å². The number of rotatable bonds is 4. The van der Waals surface area contributed by atoms with E-state index in [2.05, 4.69) is 5.32 Å². The standard InChI is InChI=1S/C16H18N2O4/c1-4-9(2)13(14(20)17-10(3)19)18-15(21)11-7-5-6-8-12(11)16(18)22/h5-9,13H,4H2,1-3H3,(H,17,19,20). The van der Waals surface area contributed by atoms with E-state index >= 15 is 0 Å². The van der Waals surface area contributed by atoms with Crippen molar-refractivity contribution >= 4 is 23.6 Å². The number of carbonyl (C=O) groups excluding carboxylic acids is 4. The lowest BCUT2D eigenvalue weighted by Crippen LogP contribution is -2.53. The summed E-state index contributed by atoms with van der Waals surface area (Å²) in [4.78, 5) is 49.4. The van der Waals surface area contributed by atoms with Crippen LogP contribution in [0.2, 0.25) is 0 Å². The molecule has 116 valence electrons. The van der Waals surface area contributed by atoms with Crippen LogP contribution in [-0.4, -0.2) is 34.6 Å². The summed E-state index contributed by atoms with van der Waals surface area (Å²) < 4.78 is 0. The molecule has 22 heavy (non-hydrogen) atoms. The summed E-state index contributed by atoms with van der Waals surface area (Å²) in [6.07, 6.45) is 0.587. The summed E-state index contributed by atoms with van der Waals surface area (Å²) in [5.74, 6) is -2.40. The maximum absolute atomic E-state index is 12.5. The van der Waals surface area contributed by atoms with Crippen molar-refractivity contribution in [3.63, 3.8) is 0 Å². The van der Waals surface area contributed by atoms with Gasteiger partial charge in [-0.05, 0) is 18.1 Å². The van der Waals surface area contributed by atoms with Crippen LogP contribution >= 0.6 is 0 Å². The van der Waals surface area contributed by atoms with Crippen LogP contribution in [-0.2, 0) is 9.59 Å². The van der Waals surface area contributed by atoms with Crippen molar-refractivity contribution in [2.24, 2.45) is 5.92 Å². The Morgan fingerprint density at radius 2 is 1.64 bits per heavy atom. The van der Waals surface area contributed by atoms with E-state index in [0.29, 0.717) is 6.42 Å². The van der Waals surface area contributed by atoms with Gasteiger partial charge in [-0.1, -0.05) is 32.4 Å². The SMILES string of the molecule is CCC(C)C(C(=O)NC(C)=O)N1C(=O)c2ccccc2C1=O. The molecule has 4 amide bonds. The van der Waals surface area contributed by atoms with Crippen molar-refractivity contribution in [3.05, 3.63) is 35.4 Å². The fourth-order valence-corrected chi connectivity index (χ4v) is 2.56. The molecule has 0 saturated carbocycles. The Morgan fingerprint density at radius 3 is 2.05 bits per heavy atom. The average molecular weight is 302 g/mol. The molecule has 1 aromatic carbocycles. The van der Waals surface area contributed by atoms with Crippen LogP contribution in [0.3, 0.4) is 0 Å². The van der Waals surface area contributed by atoms with Crippen molar-refractivity contribution in [1.82, 2.24) is 10.2 Å². The van der Waals surface area contributed by atoms with Gasteiger partial charge in [-0.15, -0.1) is 0 Å². The molecule has 2 unspecified atom stereocenters. The third-order valence-corrected chi connectivity index (χ3v) is 3.85. The predicted octanol–water partition coefficient (Wildman–Crippen LogP) is 1.36. The van der Waals surface area contributed by atoms with Gasteiger partial charge in [0.2, 0.25) is 11.8 Å². The highest BCUT2D eigenvalue weighted by molar-refractivity contribution is 6.23. The molecular weight excluding hydrogens is 284 g/mol. The molecule has 0 saturated heterocycles.